The van der Waals surface area contributed by atoms with Gasteiger partial charge in [-0.05, 0) is 12.2 Å². The van der Waals surface area contributed by atoms with Crippen LogP contribution < -0.4 is 0 Å². The van der Waals surface area contributed by atoms with Crippen molar-refractivity contribution >= 4 is 0 Å². The Balaban J connectivity index is 3.03. The summed E-state index contributed by atoms with van der Waals surface area (Å²) in [5.74, 6) is 1.56. The molecule has 0 aromatic carbocycles. The molecule has 0 amide bonds. The van der Waals surface area contributed by atoms with Crippen molar-refractivity contribution in [2.45, 2.75) is 13.8 Å². The van der Waals surface area contributed by atoms with E-state index in [1.54, 1.807) is 14.2 Å². The lowest BCUT2D eigenvalue weighted by Crippen LogP contribution is -2.05. The number of methoxy groups -OCH3 is 2. The Hall–Kier alpha value is -1.18. The molecule has 72 valence electrons. The molecule has 0 aromatic heterocycles. The van der Waals surface area contributed by atoms with Gasteiger partial charge in [0, 0.05) is 5.41 Å². The van der Waals surface area contributed by atoms with Crippen LogP contribution in [0, 0.1) is 5.41 Å². The maximum Gasteiger partial charge on any atom is 0.160 e. The van der Waals surface area contributed by atoms with Gasteiger partial charge in [-0.1, -0.05) is 26.0 Å². The molecule has 0 saturated heterocycles. The molecule has 0 aromatic rings. The van der Waals surface area contributed by atoms with E-state index in [9.17, 15) is 0 Å². The summed E-state index contributed by atoms with van der Waals surface area (Å²) < 4.78 is 10.4. The monoisotopic (exact) mass is 180 g/mol. The van der Waals surface area contributed by atoms with Gasteiger partial charge in [-0.25, -0.2) is 0 Å². The number of hydrogen-bond donors (Lipinski definition) is 0. The van der Waals surface area contributed by atoms with Crippen molar-refractivity contribution in [3.8, 4) is 0 Å². The highest BCUT2D eigenvalue weighted by atomic mass is 16.5. The summed E-state index contributed by atoms with van der Waals surface area (Å²) in [5.41, 5.74) is 0.0160. The van der Waals surface area contributed by atoms with Crippen molar-refractivity contribution in [2.75, 3.05) is 14.2 Å². The van der Waals surface area contributed by atoms with E-state index in [0.717, 1.165) is 11.5 Å². The van der Waals surface area contributed by atoms with Crippen molar-refractivity contribution < 1.29 is 9.47 Å². The molecule has 0 aliphatic heterocycles. The van der Waals surface area contributed by atoms with Crippen molar-refractivity contribution in [2.24, 2.45) is 5.41 Å². The molecule has 2 nitrogen and oxygen atoms in total. The maximum absolute atomic E-state index is 5.24. The first-order valence-corrected chi connectivity index (χ1v) is 4.30. The van der Waals surface area contributed by atoms with Gasteiger partial charge in [0.1, 0.15) is 0 Å². The van der Waals surface area contributed by atoms with E-state index in [0.29, 0.717) is 0 Å². The SMILES string of the molecule is COC1=CC=CC(C)(C)C=C1OC. The first-order valence-electron chi connectivity index (χ1n) is 4.30. The van der Waals surface area contributed by atoms with Gasteiger partial charge < -0.3 is 9.47 Å². The van der Waals surface area contributed by atoms with Gasteiger partial charge in [0.25, 0.3) is 0 Å². The Kier molecular flexibility index (Phi) is 2.81. The Morgan fingerprint density at radius 3 is 2.23 bits per heavy atom. The zero-order valence-electron chi connectivity index (χ0n) is 8.63. The second kappa shape index (κ2) is 3.69. The van der Waals surface area contributed by atoms with E-state index in [-0.39, 0.29) is 5.41 Å². The molecule has 0 fully saturated rings. The average Bonchev–Trinajstić information content (AvgIpc) is 2.22. The molecule has 1 rings (SSSR count). The molecule has 0 N–H and O–H groups in total. The minimum Gasteiger partial charge on any atom is -0.493 e. The third-order valence-electron chi connectivity index (χ3n) is 1.96. The fraction of sp³-hybridized carbons (Fsp3) is 0.455. The molecule has 0 atom stereocenters. The van der Waals surface area contributed by atoms with Crippen LogP contribution in [0.1, 0.15) is 13.8 Å². The number of hydrogen-bond acceptors (Lipinski definition) is 2. The lowest BCUT2D eigenvalue weighted by Gasteiger charge is -2.15. The molecule has 0 saturated carbocycles. The van der Waals surface area contributed by atoms with Crippen molar-refractivity contribution in [3.63, 3.8) is 0 Å². The average molecular weight is 180 g/mol. The van der Waals surface area contributed by atoms with Crippen LogP contribution in [0.15, 0.2) is 35.8 Å². The topological polar surface area (TPSA) is 18.5 Å². The second-order valence-corrected chi connectivity index (χ2v) is 3.63. The van der Waals surface area contributed by atoms with E-state index < -0.39 is 0 Å². The van der Waals surface area contributed by atoms with E-state index in [2.05, 4.69) is 19.9 Å². The summed E-state index contributed by atoms with van der Waals surface area (Å²) in [6.07, 6.45) is 8.05. The van der Waals surface area contributed by atoms with Gasteiger partial charge in [-0.15, -0.1) is 0 Å². The molecular formula is C11H16O2. The quantitative estimate of drug-likeness (QED) is 0.650. The van der Waals surface area contributed by atoms with Gasteiger partial charge in [-0.3, -0.25) is 0 Å². The molecule has 0 radical (unpaired) electrons. The van der Waals surface area contributed by atoms with Crippen LogP contribution >= 0.6 is 0 Å². The summed E-state index contributed by atoms with van der Waals surface area (Å²) in [7, 11) is 3.30. The first kappa shape index (κ1) is 9.90. The van der Waals surface area contributed by atoms with Crippen molar-refractivity contribution in [1.82, 2.24) is 0 Å². The van der Waals surface area contributed by atoms with E-state index in [1.807, 2.05) is 18.2 Å². The second-order valence-electron chi connectivity index (χ2n) is 3.63. The zero-order valence-corrected chi connectivity index (χ0v) is 8.63. The van der Waals surface area contributed by atoms with Crippen LogP contribution in [0.3, 0.4) is 0 Å². The lowest BCUT2D eigenvalue weighted by atomic mass is 9.93. The van der Waals surface area contributed by atoms with Gasteiger partial charge in [0.05, 0.1) is 14.2 Å². The van der Waals surface area contributed by atoms with Crippen LogP contribution in [0.25, 0.3) is 0 Å². The Bertz CT molecular complexity index is 270. The normalized spacial score (nSPS) is 20.0. The zero-order chi connectivity index (χ0) is 9.90. The summed E-state index contributed by atoms with van der Waals surface area (Å²) in [4.78, 5) is 0. The van der Waals surface area contributed by atoms with E-state index in [4.69, 9.17) is 9.47 Å². The van der Waals surface area contributed by atoms with E-state index in [1.165, 1.54) is 0 Å². The molecule has 0 bridgehead atoms. The summed E-state index contributed by atoms with van der Waals surface area (Å²) in [6, 6.07) is 0. The molecular weight excluding hydrogens is 164 g/mol. The van der Waals surface area contributed by atoms with Crippen LogP contribution in [0.2, 0.25) is 0 Å². The predicted octanol–water partition coefficient (Wildman–Crippen LogP) is 2.64. The van der Waals surface area contributed by atoms with Crippen LogP contribution in [0.4, 0.5) is 0 Å². The number of allylic oxidation sites excluding steroid dienone is 4. The van der Waals surface area contributed by atoms with Gasteiger partial charge in [0.2, 0.25) is 0 Å². The maximum atomic E-state index is 5.24. The van der Waals surface area contributed by atoms with Crippen molar-refractivity contribution in [3.05, 3.63) is 35.8 Å². The summed E-state index contributed by atoms with van der Waals surface area (Å²) >= 11 is 0. The molecule has 0 heterocycles. The van der Waals surface area contributed by atoms with Crippen LogP contribution in [-0.2, 0) is 9.47 Å². The molecule has 13 heavy (non-hydrogen) atoms. The smallest absolute Gasteiger partial charge is 0.160 e. The minimum absolute atomic E-state index is 0.0160. The van der Waals surface area contributed by atoms with Crippen LogP contribution in [0.5, 0.6) is 0 Å². The van der Waals surface area contributed by atoms with Crippen LogP contribution in [-0.4, -0.2) is 14.2 Å². The van der Waals surface area contributed by atoms with E-state index >= 15 is 0 Å². The lowest BCUT2D eigenvalue weighted by molar-refractivity contribution is 0.217. The first-order chi connectivity index (χ1) is 6.09. The molecule has 0 spiro atoms. The number of rotatable bonds is 2. The van der Waals surface area contributed by atoms with Gasteiger partial charge >= 0.3 is 0 Å². The standard InChI is InChI=1S/C11H16O2/c1-11(2)7-5-6-9(12-3)10(8-11)13-4/h5-8H,1-4H3. The minimum atomic E-state index is 0.0160. The Morgan fingerprint density at radius 1 is 1.08 bits per heavy atom. The molecule has 1 aliphatic carbocycles. The van der Waals surface area contributed by atoms with Gasteiger partial charge in [-0.2, -0.15) is 0 Å². The Labute approximate surface area is 79.5 Å². The third-order valence-corrected chi connectivity index (χ3v) is 1.96. The molecule has 0 unspecified atom stereocenters. The van der Waals surface area contributed by atoms with Crippen molar-refractivity contribution in [1.29, 1.82) is 0 Å². The summed E-state index contributed by atoms with van der Waals surface area (Å²) in [5, 5.41) is 0. The fourth-order valence-corrected chi connectivity index (χ4v) is 1.25. The third kappa shape index (κ3) is 2.38. The molecule has 1 aliphatic rings. The summed E-state index contributed by atoms with van der Waals surface area (Å²) in [6.45, 7) is 4.24. The highest BCUT2D eigenvalue weighted by molar-refractivity contribution is 5.31. The fourth-order valence-electron chi connectivity index (χ4n) is 1.25. The highest BCUT2D eigenvalue weighted by Crippen LogP contribution is 2.27. The Morgan fingerprint density at radius 2 is 1.69 bits per heavy atom. The highest BCUT2D eigenvalue weighted by Gasteiger charge is 2.17. The van der Waals surface area contributed by atoms with Gasteiger partial charge in [0.15, 0.2) is 11.5 Å². The molecule has 2 heteroatoms. The largest absolute Gasteiger partial charge is 0.493 e. The predicted molar refractivity (Wildman–Crippen MR) is 53.1 cm³/mol. The number of ether oxygens (including phenoxy) is 2.